The number of aryl methyl sites for hydroxylation is 1. The van der Waals surface area contributed by atoms with Crippen LogP contribution in [0.3, 0.4) is 0 Å². The molecule has 0 amide bonds. The number of aromatic nitrogens is 2. The van der Waals surface area contributed by atoms with Gasteiger partial charge in [-0.1, -0.05) is 36.3 Å². The van der Waals surface area contributed by atoms with Gasteiger partial charge in [0, 0.05) is 11.8 Å². The Labute approximate surface area is 154 Å². The van der Waals surface area contributed by atoms with Gasteiger partial charge in [0.15, 0.2) is 5.79 Å². The van der Waals surface area contributed by atoms with Crippen molar-refractivity contribution < 1.29 is 9.47 Å². The minimum atomic E-state index is -0.526. The highest BCUT2D eigenvalue weighted by Gasteiger charge is 2.61. The summed E-state index contributed by atoms with van der Waals surface area (Å²) in [4.78, 5) is 0. The minimum Gasteiger partial charge on any atom is -0.346 e. The van der Waals surface area contributed by atoms with Crippen LogP contribution >= 0.6 is 0 Å². The second-order valence-corrected chi connectivity index (χ2v) is 7.94. The highest BCUT2D eigenvalue weighted by atomic mass is 16.7. The molecule has 0 unspecified atom stereocenters. The van der Waals surface area contributed by atoms with Gasteiger partial charge in [0.25, 0.3) is 0 Å². The number of rotatable bonds is 2. The Balaban J connectivity index is 1.55. The predicted octanol–water partition coefficient (Wildman–Crippen LogP) is 4.22. The average Bonchev–Trinajstić information content (AvgIpc) is 3.31. The lowest BCUT2D eigenvalue weighted by Gasteiger charge is -2.41. The van der Waals surface area contributed by atoms with Crippen molar-refractivity contribution in [1.82, 2.24) is 9.78 Å². The predicted molar refractivity (Wildman–Crippen MR) is 101 cm³/mol. The van der Waals surface area contributed by atoms with Crippen molar-refractivity contribution in [1.29, 1.82) is 0 Å². The molecule has 2 heterocycles. The molecule has 1 saturated heterocycles. The molecule has 0 N–H and O–H groups in total. The topological polar surface area (TPSA) is 36.3 Å². The first-order valence-electron chi connectivity index (χ1n) is 9.34. The van der Waals surface area contributed by atoms with E-state index in [1.165, 1.54) is 22.4 Å². The van der Waals surface area contributed by atoms with Gasteiger partial charge in [0.05, 0.1) is 24.2 Å². The van der Waals surface area contributed by atoms with Crippen molar-refractivity contribution >= 4 is 6.08 Å². The third-order valence-electron chi connectivity index (χ3n) is 6.38. The number of hydrogen-bond donors (Lipinski definition) is 0. The summed E-state index contributed by atoms with van der Waals surface area (Å²) in [5.41, 5.74) is 6.07. The molecule has 4 heteroatoms. The maximum atomic E-state index is 6.34. The Bertz CT molecular complexity index is 911. The standard InChI is InChI=1S/C22H24N2O2/c1-4-19-14-25-22(26-19)10-9-17-11-20-16(12-21(17,22)3)13-23-24(20)18-7-5-15(2)6-8-18/h4-8,11,13,19H,1,9-10,12,14H2,2-3H3/t19-,21+,22+/m1/s1. The van der Waals surface area contributed by atoms with Crippen LogP contribution in [0.25, 0.3) is 11.8 Å². The molecule has 1 spiro atoms. The summed E-state index contributed by atoms with van der Waals surface area (Å²) in [6.07, 6.45) is 8.95. The molecule has 1 saturated carbocycles. The van der Waals surface area contributed by atoms with E-state index in [-0.39, 0.29) is 11.5 Å². The second-order valence-electron chi connectivity index (χ2n) is 7.94. The zero-order valence-electron chi connectivity index (χ0n) is 15.4. The fourth-order valence-electron chi connectivity index (χ4n) is 4.76. The minimum absolute atomic E-state index is 0.0112. The Morgan fingerprint density at radius 1 is 1.31 bits per heavy atom. The molecule has 1 aliphatic heterocycles. The first-order valence-corrected chi connectivity index (χ1v) is 9.34. The van der Waals surface area contributed by atoms with Crippen molar-refractivity contribution in [3.63, 3.8) is 0 Å². The molecule has 3 atom stereocenters. The average molecular weight is 348 g/mol. The Hall–Kier alpha value is -2.17. The lowest BCUT2D eigenvalue weighted by atomic mass is 9.72. The van der Waals surface area contributed by atoms with Gasteiger partial charge in [0.2, 0.25) is 0 Å². The van der Waals surface area contributed by atoms with Crippen LogP contribution in [0.5, 0.6) is 0 Å². The van der Waals surface area contributed by atoms with Crippen molar-refractivity contribution in [2.75, 3.05) is 6.61 Å². The molecule has 26 heavy (non-hydrogen) atoms. The highest BCUT2D eigenvalue weighted by molar-refractivity contribution is 5.62. The quantitative estimate of drug-likeness (QED) is 0.763. The normalized spacial score (nSPS) is 32.4. The van der Waals surface area contributed by atoms with Crippen LogP contribution in [0.4, 0.5) is 0 Å². The smallest absolute Gasteiger partial charge is 0.178 e. The fraction of sp³-hybridized carbons (Fsp3) is 0.409. The summed E-state index contributed by atoms with van der Waals surface area (Å²) in [7, 11) is 0. The van der Waals surface area contributed by atoms with Crippen LogP contribution in [0.1, 0.15) is 36.6 Å². The van der Waals surface area contributed by atoms with E-state index < -0.39 is 5.79 Å². The number of fused-ring (bicyclic) bond motifs is 3. The number of hydrogen-bond acceptors (Lipinski definition) is 3. The monoisotopic (exact) mass is 348 g/mol. The van der Waals surface area contributed by atoms with Crippen LogP contribution in [0, 0.1) is 12.3 Å². The van der Waals surface area contributed by atoms with E-state index in [4.69, 9.17) is 9.47 Å². The van der Waals surface area contributed by atoms with Gasteiger partial charge in [-0.05, 0) is 43.5 Å². The Morgan fingerprint density at radius 3 is 2.85 bits per heavy atom. The van der Waals surface area contributed by atoms with E-state index in [0.717, 1.165) is 24.9 Å². The molecule has 134 valence electrons. The van der Waals surface area contributed by atoms with Crippen molar-refractivity contribution in [2.45, 2.75) is 45.0 Å². The largest absolute Gasteiger partial charge is 0.346 e. The maximum Gasteiger partial charge on any atom is 0.178 e. The molecule has 5 rings (SSSR count). The fourth-order valence-corrected chi connectivity index (χ4v) is 4.76. The lowest BCUT2D eigenvalue weighted by molar-refractivity contribution is -0.214. The summed E-state index contributed by atoms with van der Waals surface area (Å²) in [5, 5.41) is 4.68. The third-order valence-corrected chi connectivity index (χ3v) is 6.38. The first kappa shape index (κ1) is 16.0. The zero-order chi connectivity index (χ0) is 17.9. The lowest BCUT2D eigenvalue weighted by Crippen LogP contribution is -2.46. The van der Waals surface area contributed by atoms with Crippen molar-refractivity contribution in [3.05, 3.63) is 65.5 Å². The van der Waals surface area contributed by atoms with E-state index in [9.17, 15) is 0 Å². The molecule has 1 aromatic heterocycles. The van der Waals surface area contributed by atoms with Gasteiger partial charge >= 0.3 is 0 Å². The van der Waals surface area contributed by atoms with Gasteiger partial charge in [0.1, 0.15) is 6.10 Å². The highest BCUT2D eigenvalue weighted by Crippen LogP contribution is 2.59. The van der Waals surface area contributed by atoms with Crippen molar-refractivity contribution in [2.24, 2.45) is 5.41 Å². The van der Waals surface area contributed by atoms with E-state index in [1.54, 1.807) is 0 Å². The summed E-state index contributed by atoms with van der Waals surface area (Å²) in [5.74, 6) is -0.526. The van der Waals surface area contributed by atoms with E-state index in [0.29, 0.717) is 6.61 Å². The zero-order valence-corrected chi connectivity index (χ0v) is 15.4. The number of benzene rings is 1. The second kappa shape index (κ2) is 5.41. The van der Waals surface area contributed by atoms with Crippen LogP contribution in [0.2, 0.25) is 0 Å². The molecular weight excluding hydrogens is 324 g/mol. The van der Waals surface area contributed by atoms with E-state index in [2.05, 4.69) is 60.5 Å². The molecule has 0 bridgehead atoms. The Morgan fingerprint density at radius 2 is 2.12 bits per heavy atom. The number of nitrogens with zero attached hydrogens (tertiary/aromatic N) is 2. The van der Waals surface area contributed by atoms with E-state index >= 15 is 0 Å². The third kappa shape index (κ3) is 2.06. The van der Waals surface area contributed by atoms with Gasteiger partial charge in [-0.3, -0.25) is 0 Å². The molecule has 2 aliphatic carbocycles. The van der Waals surface area contributed by atoms with E-state index in [1.807, 2.05) is 12.3 Å². The molecule has 2 fully saturated rings. The summed E-state index contributed by atoms with van der Waals surface area (Å²) in [6, 6.07) is 8.51. The first-order chi connectivity index (χ1) is 12.5. The molecule has 3 aliphatic rings. The van der Waals surface area contributed by atoms with Crippen LogP contribution < -0.4 is 0 Å². The summed E-state index contributed by atoms with van der Waals surface area (Å²) < 4.78 is 14.6. The van der Waals surface area contributed by atoms with Gasteiger partial charge < -0.3 is 9.47 Å². The van der Waals surface area contributed by atoms with Gasteiger partial charge in [-0.25, -0.2) is 4.68 Å². The molecule has 0 radical (unpaired) electrons. The Kier molecular flexibility index (Phi) is 3.34. The number of ether oxygens (including phenoxy) is 2. The van der Waals surface area contributed by atoms with Crippen LogP contribution in [0.15, 0.2) is 48.7 Å². The van der Waals surface area contributed by atoms with Crippen molar-refractivity contribution in [3.8, 4) is 5.69 Å². The summed E-state index contributed by atoms with van der Waals surface area (Å²) >= 11 is 0. The van der Waals surface area contributed by atoms with Crippen LogP contribution in [-0.2, 0) is 15.9 Å². The molecule has 4 nitrogen and oxygen atoms in total. The molecular formula is C22H24N2O2. The molecule has 1 aromatic carbocycles. The van der Waals surface area contributed by atoms with Gasteiger partial charge in [-0.15, -0.1) is 6.58 Å². The SMILES string of the molecule is C=C[C@@H]1CO[C@@]2(CCC3=Cc4c(cnn4-c4ccc(C)cc4)C[C@@]32C)O1. The van der Waals surface area contributed by atoms with Crippen LogP contribution in [-0.4, -0.2) is 28.3 Å². The molecule has 2 aromatic rings. The summed E-state index contributed by atoms with van der Waals surface area (Å²) in [6.45, 7) is 8.85. The van der Waals surface area contributed by atoms with Gasteiger partial charge in [-0.2, -0.15) is 5.10 Å². The maximum absolute atomic E-state index is 6.34.